The fourth-order valence-corrected chi connectivity index (χ4v) is 4.69. The first-order valence-electron chi connectivity index (χ1n) is 11.2. The van der Waals surface area contributed by atoms with Crippen LogP contribution in [0.1, 0.15) is 52.1 Å². The van der Waals surface area contributed by atoms with Crippen LogP contribution < -0.4 is 5.32 Å². The molecule has 1 aromatic heterocycles. The van der Waals surface area contributed by atoms with Crippen molar-refractivity contribution in [1.29, 1.82) is 0 Å². The number of halogens is 2. The van der Waals surface area contributed by atoms with Crippen LogP contribution in [0.2, 0.25) is 0 Å². The Morgan fingerprint density at radius 1 is 1.14 bits per heavy atom. The van der Waals surface area contributed by atoms with Crippen LogP contribution in [-0.2, 0) is 20.9 Å². The van der Waals surface area contributed by atoms with Crippen molar-refractivity contribution in [3.05, 3.63) is 41.2 Å². The molecule has 35 heavy (non-hydrogen) atoms. The molecule has 11 nitrogen and oxygen atoms in total. The number of amides is 4. The van der Waals surface area contributed by atoms with Gasteiger partial charge in [-0.3, -0.25) is 24.5 Å². The fourth-order valence-electron chi connectivity index (χ4n) is 4.69. The summed E-state index contributed by atoms with van der Waals surface area (Å²) in [6, 6.07) is 4.34. The number of benzene rings is 1. The summed E-state index contributed by atoms with van der Waals surface area (Å²) in [5, 5.41) is 10.3. The number of hydrogen-bond donors (Lipinski definition) is 1. The van der Waals surface area contributed by atoms with E-state index in [-0.39, 0.29) is 55.9 Å². The lowest BCUT2D eigenvalue weighted by Crippen LogP contribution is -2.52. The van der Waals surface area contributed by atoms with Crippen molar-refractivity contribution in [2.75, 3.05) is 13.1 Å². The number of ether oxygens (including phenoxy) is 1. The Morgan fingerprint density at radius 2 is 1.91 bits per heavy atom. The van der Waals surface area contributed by atoms with Crippen molar-refractivity contribution in [3.8, 4) is 5.69 Å². The second-order valence-electron chi connectivity index (χ2n) is 8.68. The average Bonchev–Trinajstić information content (AvgIpc) is 3.44. The maximum absolute atomic E-state index is 12.8. The zero-order valence-corrected chi connectivity index (χ0v) is 18.5. The molecule has 3 aliphatic rings. The number of carbonyl (C=O) groups is 4. The van der Waals surface area contributed by atoms with Crippen molar-refractivity contribution >= 4 is 23.6 Å². The summed E-state index contributed by atoms with van der Waals surface area (Å²) in [7, 11) is 0. The molecule has 184 valence electrons. The van der Waals surface area contributed by atoms with E-state index >= 15 is 0 Å². The number of aromatic nitrogens is 3. The predicted octanol–water partition coefficient (Wildman–Crippen LogP) is 0.872. The van der Waals surface area contributed by atoms with E-state index in [1.807, 2.05) is 0 Å². The molecule has 13 heteroatoms. The van der Waals surface area contributed by atoms with Crippen LogP contribution in [0.4, 0.5) is 8.78 Å². The molecule has 5 rings (SSSR count). The molecule has 0 spiro atoms. The lowest BCUT2D eigenvalue weighted by Gasteiger charge is -2.31. The van der Waals surface area contributed by atoms with E-state index in [2.05, 4.69) is 20.4 Å². The van der Waals surface area contributed by atoms with Gasteiger partial charge in [0.15, 0.2) is 5.69 Å². The van der Waals surface area contributed by atoms with Crippen LogP contribution in [0.3, 0.4) is 0 Å². The number of likely N-dealkylation sites (tertiary alicyclic amines) is 1. The minimum Gasteiger partial charge on any atom is -0.337 e. The van der Waals surface area contributed by atoms with Crippen LogP contribution in [0.15, 0.2) is 24.4 Å². The third kappa shape index (κ3) is 4.50. The van der Waals surface area contributed by atoms with E-state index in [0.717, 1.165) is 0 Å². The van der Waals surface area contributed by atoms with Crippen molar-refractivity contribution in [1.82, 2.24) is 30.1 Å². The van der Waals surface area contributed by atoms with Crippen molar-refractivity contribution in [2.45, 2.75) is 51.0 Å². The maximum Gasteiger partial charge on any atom is 0.345 e. The van der Waals surface area contributed by atoms with E-state index < -0.39 is 24.7 Å². The topological polar surface area (TPSA) is 127 Å². The summed E-state index contributed by atoms with van der Waals surface area (Å²) in [5.41, 5.74) is 1.85. The van der Waals surface area contributed by atoms with Gasteiger partial charge in [-0.25, -0.2) is 4.68 Å². The number of rotatable bonds is 5. The summed E-state index contributed by atoms with van der Waals surface area (Å²) >= 11 is 0. The summed E-state index contributed by atoms with van der Waals surface area (Å²) in [6.07, 6.45) is 1.97. The van der Waals surface area contributed by atoms with Gasteiger partial charge in [-0.15, -0.1) is 5.10 Å². The number of nitrogens with one attached hydrogen (secondary N) is 1. The van der Waals surface area contributed by atoms with Gasteiger partial charge < -0.3 is 14.5 Å². The molecule has 2 saturated heterocycles. The van der Waals surface area contributed by atoms with E-state index in [4.69, 9.17) is 0 Å². The Balaban J connectivity index is 1.27. The molecule has 1 unspecified atom stereocenters. The van der Waals surface area contributed by atoms with Gasteiger partial charge in [0.2, 0.25) is 11.8 Å². The Labute approximate surface area is 198 Å². The Morgan fingerprint density at radius 3 is 2.63 bits per heavy atom. The van der Waals surface area contributed by atoms with Crippen molar-refractivity contribution in [2.24, 2.45) is 0 Å². The predicted molar refractivity (Wildman–Crippen MR) is 113 cm³/mol. The van der Waals surface area contributed by atoms with Crippen molar-refractivity contribution in [3.63, 3.8) is 0 Å². The van der Waals surface area contributed by atoms with Gasteiger partial charge in [0.05, 0.1) is 18.0 Å². The molecule has 1 atom stereocenters. The molecule has 4 heterocycles. The quantitative estimate of drug-likeness (QED) is 0.619. The van der Waals surface area contributed by atoms with Gasteiger partial charge in [-0.1, -0.05) is 5.21 Å². The van der Waals surface area contributed by atoms with Gasteiger partial charge in [-0.2, -0.15) is 8.78 Å². The minimum atomic E-state index is -2.83. The summed E-state index contributed by atoms with van der Waals surface area (Å²) < 4.78 is 30.7. The molecular formula is C22H22F2N6O5. The molecule has 0 aliphatic carbocycles. The van der Waals surface area contributed by atoms with E-state index in [0.29, 0.717) is 29.7 Å². The van der Waals surface area contributed by atoms with Crippen LogP contribution >= 0.6 is 0 Å². The monoisotopic (exact) mass is 488 g/mol. The van der Waals surface area contributed by atoms with E-state index in [9.17, 15) is 28.0 Å². The number of fused-ring (bicyclic) bond motifs is 1. The van der Waals surface area contributed by atoms with Crippen LogP contribution in [0.25, 0.3) is 5.69 Å². The lowest BCUT2D eigenvalue weighted by molar-refractivity contribution is -0.171. The molecule has 0 bridgehead atoms. The largest absolute Gasteiger partial charge is 0.345 e. The first-order valence-corrected chi connectivity index (χ1v) is 11.2. The number of carbonyl (C=O) groups excluding carboxylic acids is 4. The maximum atomic E-state index is 12.8. The molecule has 2 fully saturated rings. The molecular weight excluding hydrogens is 466 g/mol. The molecule has 1 aromatic carbocycles. The lowest BCUT2D eigenvalue weighted by atomic mass is 10.0. The highest BCUT2D eigenvalue weighted by Gasteiger charge is 2.39. The van der Waals surface area contributed by atoms with Crippen molar-refractivity contribution < 1.29 is 32.7 Å². The van der Waals surface area contributed by atoms with Gasteiger partial charge in [-0.05, 0) is 43.0 Å². The molecule has 4 amide bonds. The molecule has 3 aliphatic heterocycles. The van der Waals surface area contributed by atoms with E-state index in [1.165, 1.54) is 20.7 Å². The van der Waals surface area contributed by atoms with Gasteiger partial charge in [0.25, 0.3) is 11.8 Å². The van der Waals surface area contributed by atoms with E-state index in [1.54, 1.807) is 18.2 Å². The zero-order valence-electron chi connectivity index (χ0n) is 18.5. The number of imide groups is 1. The highest BCUT2D eigenvalue weighted by molar-refractivity contribution is 6.05. The summed E-state index contributed by atoms with van der Waals surface area (Å²) in [4.78, 5) is 52.3. The van der Waals surface area contributed by atoms with Gasteiger partial charge in [0.1, 0.15) is 6.04 Å². The molecule has 0 radical (unpaired) electrons. The van der Waals surface area contributed by atoms with Crippen LogP contribution in [0, 0.1) is 0 Å². The first kappa shape index (κ1) is 23.0. The van der Waals surface area contributed by atoms with Crippen LogP contribution in [0.5, 0.6) is 0 Å². The Hall–Kier alpha value is -3.74. The zero-order chi connectivity index (χ0) is 24.7. The van der Waals surface area contributed by atoms with Gasteiger partial charge >= 0.3 is 6.61 Å². The standard InChI is InChI=1S/C22H22F2N6O5/c23-22(24)35-14-5-7-28(8-6-14)21(34)16-11-30(27-26-16)13-1-2-15-12(9-13)10-29(20(15)33)17-3-4-18(31)25-19(17)32/h1-2,9,11,14,17,22H,3-8,10H2,(H,25,31,32). The van der Waals surface area contributed by atoms with Crippen LogP contribution in [-0.4, -0.2) is 80.3 Å². The first-order chi connectivity index (χ1) is 16.8. The third-order valence-corrected chi connectivity index (χ3v) is 6.51. The second kappa shape index (κ2) is 9.13. The number of nitrogens with zero attached hydrogens (tertiary/aromatic N) is 5. The smallest absolute Gasteiger partial charge is 0.337 e. The fraction of sp³-hybridized carbons (Fsp3) is 0.455. The molecule has 1 N–H and O–H groups in total. The highest BCUT2D eigenvalue weighted by Crippen LogP contribution is 2.29. The third-order valence-electron chi connectivity index (χ3n) is 6.51. The number of hydrogen-bond acceptors (Lipinski definition) is 7. The minimum absolute atomic E-state index is 0.111. The highest BCUT2D eigenvalue weighted by atomic mass is 19.3. The normalized spacial score (nSPS) is 21.0. The SMILES string of the molecule is O=C1CCC(N2Cc3cc(-n4cc(C(=O)N5CCC(OC(F)F)CC5)nn4)ccc3C2=O)C(=O)N1. The average molecular weight is 488 g/mol. The number of alkyl halides is 2. The summed E-state index contributed by atoms with van der Waals surface area (Å²) in [6.45, 7) is -2.06. The molecule has 0 saturated carbocycles. The Kier molecular flexibility index (Phi) is 6.01. The second-order valence-corrected chi connectivity index (χ2v) is 8.68. The summed E-state index contributed by atoms with van der Waals surface area (Å²) in [5.74, 6) is -1.46. The molecule has 2 aromatic rings. The van der Waals surface area contributed by atoms with Gasteiger partial charge in [0, 0.05) is 31.6 Å². The Bertz CT molecular complexity index is 1190. The number of piperidine rings is 2.